The summed E-state index contributed by atoms with van der Waals surface area (Å²) in [5.74, 6) is 0. The van der Waals surface area contributed by atoms with Gasteiger partial charge in [-0.05, 0) is 59.9 Å². The molecule has 0 aliphatic rings. The van der Waals surface area contributed by atoms with E-state index >= 15 is 0 Å². The van der Waals surface area contributed by atoms with Crippen molar-refractivity contribution in [2.75, 3.05) is 0 Å². The summed E-state index contributed by atoms with van der Waals surface area (Å²) in [4.78, 5) is 14.7. The quantitative estimate of drug-likeness (QED) is 0.516. The Bertz CT molecular complexity index is 601. The van der Waals surface area contributed by atoms with Gasteiger partial charge in [0.05, 0.1) is 20.3 Å². The van der Waals surface area contributed by atoms with Gasteiger partial charge in [0.15, 0.2) is 0 Å². The predicted octanol–water partition coefficient (Wildman–Crippen LogP) is 4.43. The summed E-state index contributed by atoms with van der Waals surface area (Å²) in [6, 6.07) is 3.30. The Kier molecular flexibility index (Phi) is 3.27. The van der Waals surface area contributed by atoms with Crippen LogP contribution in [0.4, 0.5) is 5.69 Å². The van der Waals surface area contributed by atoms with Crippen LogP contribution in [0.25, 0.3) is 10.9 Å². The largest absolute Gasteiger partial charge is 0.292 e. The van der Waals surface area contributed by atoms with Crippen LogP contribution < -0.4 is 0 Å². The molecule has 0 N–H and O–H groups in total. The molecule has 82 valence electrons. The summed E-state index contributed by atoms with van der Waals surface area (Å²) in [6.45, 7) is 0. The molecule has 1 heterocycles. The second-order valence-electron chi connectivity index (χ2n) is 3.00. The molecule has 0 amide bonds. The van der Waals surface area contributed by atoms with Crippen molar-refractivity contribution >= 4 is 64.4 Å². The fourth-order valence-electron chi connectivity index (χ4n) is 1.37. The second-order valence-corrected chi connectivity index (χ2v) is 5.62. The van der Waals surface area contributed by atoms with E-state index in [4.69, 9.17) is 0 Å². The van der Waals surface area contributed by atoms with Crippen LogP contribution >= 0.6 is 47.8 Å². The normalized spacial score (nSPS) is 10.7. The van der Waals surface area contributed by atoms with Crippen LogP contribution in [-0.4, -0.2) is 9.91 Å². The number of hydrogen-bond donors (Lipinski definition) is 0. The van der Waals surface area contributed by atoms with Gasteiger partial charge in [0.2, 0.25) is 0 Å². The van der Waals surface area contributed by atoms with Crippen LogP contribution in [0.3, 0.4) is 0 Å². The maximum atomic E-state index is 11.0. The molecule has 0 fully saturated rings. The number of nitro groups is 1. The van der Waals surface area contributed by atoms with Gasteiger partial charge in [0.25, 0.3) is 5.69 Å². The number of pyridine rings is 1. The molecule has 0 bridgehead atoms. The Hall–Kier alpha value is -0.530. The van der Waals surface area contributed by atoms with Crippen molar-refractivity contribution in [1.29, 1.82) is 0 Å². The molecule has 1 aromatic heterocycles. The molecule has 0 radical (unpaired) electrons. The van der Waals surface area contributed by atoms with E-state index in [-0.39, 0.29) is 5.69 Å². The Morgan fingerprint density at radius 3 is 2.50 bits per heavy atom. The van der Waals surface area contributed by atoms with Crippen LogP contribution in [0.5, 0.6) is 0 Å². The van der Waals surface area contributed by atoms with Crippen LogP contribution in [-0.2, 0) is 0 Å². The van der Waals surface area contributed by atoms with Crippen molar-refractivity contribution in [3.63, 3.8) is 0 Å². The average molecular weight is 411 g/mol. The fourth-order valence-corrected chi connectivity index (χ4v) is 3.14. The van der Waals surface area contributed by atoms with Gasteiger partial charge in [-0.1, -0.05) is 0 Å². The van der Waals surface area contributed by atoms with Gasteiger partial charge in [-0.2, -0.15) is 0 Å². The van der Waals surface area contributed by atoms with Crippen LogP contribution in [0.15, 0.2) is 31.7 Å². The Labute approximate surface area is 116 Å². The predicted molar refractivity (Wildman–Crippen MR) is 71.5 cm³/mol. The van der Waals surface area contributed by atoms with E-state index in [0.29, 0.717) is 24.3 Å². The zero-order valence-electron chi connectivity index (χ0n) is 7.58. The van der Waals surface area contributed by atoms with Crippen molar-refractivity contribution in [2.45, 2.75) is 0 Å². The highest BCUT2D eigenvalue weighted by Crippen LogP contribution is 2.37. The highest BCUT2D eigenvalue weighted by Gasteiger charge is 2.19. The molecule has 0 spiro atoms. The van der Waals surface area contributed by atoms with Crippen molar-refractivity contribution in [3.8, 4) is 0 Å². The third kappa shape index (κ3) is 1.99. The van der Waals surface area contributed by atoms with E-state index in [0.717, 1.165) is 0 Å². The number of rotatable bonds is 1. The maximum Gasteiger partial charge on any atom is 0.292 e. The number of fused-ring (bicyclic) bond motifs is 1. The minimum Gasteiger partial charge on any atom is -0.258 e. The van der Waals surface area contributed by atoms with Crippen LogP contribution in [0, 0.1) is 10.1 Å². The first-order chi connectivity index (χ1) is 7.50. The van der Waals surface area contributed by atoms with Gasteiger partial charge >= 0.3 is 0 Å². The molecule has 2 rings (SSSR count). The standard InChI is InChI=1S/C9H3Br3N2O2/c10-4-1-5-8(13-3-4)6(11)2-7(12)9(5)14(15)16/h1-3H. The van der Waals surface area contributed by atoms with Gasteiger partial charge in [0, 0.05) is 15.1 Å². The highest BCUT2D eigenvalue weighted by atomic mass is 79.9. The van der Waals surface area contributed by atoms with Crippen molar-refractivity contribution in [3.05, 3.63) is 41.9 Å². The first kappa shape index (κ1) is 11.9. The number of hydrogen-bond acceptors (Lipinski definition) is 3. The summed E-state index contributed by atoms with van der Waals surface area (Å²) in [5, 5.41) is 11.5. The Morgan fingerprint density at radius 1 is 1.19 bits per heavy atom. The zero-order chi connectivity index (χ0) is 11.9. The van der Waals surface area contributed by atoms with Crippen molar-refractivity contribution in [2.24, 2.45) is 0 Å². The number of aromatic nitrogens is 1. The lowest BCUT2D eigenvalue weighted by molar-refractivity contribution is -0.383. The number of benzene rings is 1. The highest BCUT2D eigenvalue weighted by molar-refractivity contribution is 9.11. The van der Waals surface area contributed by atoms with E-state index in [2.05, 4.69) is 52.8 Å². The van der Waals surface area contributed by atoms with Gasteiger partial charge in [-0.25, -0.2) is 0 Å². The molecule has 0 aliphatic heterocycles. The first-order valence-electron chi connectivity index (χ1n) is 4.08. The van der Waals surface area contributed by atoms with Crippen molar-refractivity contribution < 1.29 is 4.92 Å². The lowest BCUT2D eigenvalue weighted by atomic mass is 10.2. The minimum absolute atomic E-state index is 0.0204. The summed E-state index contributed by atoms with van der Waals surface area (Å²) in [7, 11) is 0. The molecule has 4 nitrogen and oxygen atoms in total. The minimum atomic E-state index is -0.424. The third-order valence-electron chi connectivity index (χ3n) is 2.00. The van der Waals surface area contributed by atoms with Crippen LogP contribution in [0.2, 0.25) is 0 Å². The van der Waals surface area contributed by atoms with E-state index in [1.807, 2.05) is 0 Å². The smallest absolute Gasteiger partial charge is 0.258 e. The second kappa shape index (κ2) is 4.38. The monoisotopic (exact) mass is 408 g/mol. The maximum absolute atomic E-state index is 11.0. The molecule has 0 aliphatic carbocycles. The number of halogens is 3. The van der Waals surface area contributed by atoms with Gasteiger partial charge < -0.3 is 0 Å². The summed E-state index contributed by atoms with van der Waals surface area (Å²) >= 11 is 9.75. The average Bonchev–Trinajstić information content (AvgIpc) is 2.15. The van der Waals surface area contributed by atoms with Crippen molar-refractivity contribution in [1.82, 2.24) is 4.98 Å². The van der Waals surface area contributed by atoms with Gasteiger partial charge in [-0.3, -0.25) is 15.1 Å². The molecular formula is C9H3Br3N2O2. The topological polar surface area (TPSA) is 56.0 Å². The summed E-state index contributed by atoms with van der Waals surface area (Å²) in [5.41, 5.74) is 0.588. The SMILES string of the molecule is O=[N+]([O-])c1c(Br)cc(Br)c2ncc(Br)cc12. The zero-order valence-corrected chi connectivity index (χ0v) is 12.3. The first-order valence-corrected chi connectivity index (χ1v) is 6.46. The molecular weight excluding hydrogens is 408 g/mol. The number of nitrogens with zero attached hydrogens (tertiary/aromatic N) is 2. The number of nitro benzene ring substituents is 1. The molecule has 0 saturated heterocycles. The van der Waals surface area contributed by atoms with Gasteiger partial charge in [-0.15, -0.1) is 0 Å². The summed E-state index contributed by atoms with van der Waals surface area (Å²) < 4.78 is 1.84. The van der Waals surface area contributed by atoms with E-state index in [1.54, 1.807) is 18.3 Å². The molecule has 0 unspecified atom stereocenters. The third-order valence-corrected chi connectivity index (χ3v) is 3.64. The molecule has 16 heavy (non-hydrogen) atoms. The lowest BCUT2D eigenvalue weighted by Crippen LogP contribution is -1.93. The Morgan fingerprint density at radius 2 is 1.88 bits per heavy atom. The molecule has 0 saturated carbocycles. The van der Waals surface area contributed by atoms with E-state index in [1.165, 1.54) is 0 Å². The van der Waals surface area contributed by atoms with E-state index in [9.17, 15) is 10.1 Å². The van der Waals surface area contributed by atoms with Crippen LogP contribution in [0.1, 0.15) is 0 Å². The molecule has 7 heteroatoms. The lowest BCUT2D eigenvalue weighted by Gasteiger charge is -2.03. The van der Waals surface area contributed by atoms with Gasteiger partial charge in [0.1, 0.15) is 0 Å². The summed E-state index contributed by atoms with van der Waals surface area (Å²) in [6.07, 6.45) is 1.60. The van der Waals surface area contributed by atoms with E-state index < -0.39 is 4.92 Å². The molecule has 1 aromatic carbocycles. The molecule has 2 aromatic rings. The fraction of sp³-hybridized carbons (Fsp3) is 0. The Balaban J connectivity index is 2.97. The molecule has 0 atom stereocenters.